The Balaban J connectivity index is 1.81. The van der Waals surface area contributed by atoms with Crippen molar-refractivity contribution in [2.45, 2.75) is 38.6 Å². The minimum absolute atomic E-state index is 0.0284. The first-order valence-corrected chi connectivity index (χ1v) is 7.69. The number of urea groups is 1. The van der Waals surface area contributed by atoms with E-state index in [4.69, 9.17) is 5.73 Å². The number of carbonyl (C=O) groups is 2. The number of rotatable bonds is 2. The zero-order chi connectivity index (χ0) is 14.5. The van der Waals surface area contributed by atoms with E-state index in [1.54, 1.807) is 4.90 Å². The van der Waals surface area contributed by atoms with Gasteiger partial charge in [0.25, 0.3) is 0 Å². The largest absolute Gasteiger partial charge is 0.339 e. The quantitative estimate of drug-likeness (QED) is 0.768. The topological polar surface area (TPSA) is 78.7 Å². The van der Waals surface area contributed by atoms with Gasteiger partial charge < -0.3 is 20.9 Å². The predicted octanol–water partition coefficient (Wildman–Crippen LogP) is 0.378. The van der Waals surface area contributed by atoms with Crippen molar-refractivity contribution in [3.05, 3.63) is 0 Å². The third-order valence-corrected chi connectivity index (χ3v) is 4.27. The lowest BCUT2D eigenvalue weighted by Crippen LogP contribution is -2.54. The number of hydrogen-bond donors (Lipinski definition) is 2. The number of nitrogens with two attached hydrogens (primary N) is 1. The number of piperazine rings is 1. The first-order valence-electron chi connectivity index (χ1n) is 7.69. The molecule has 2 aliphatic rings. The Kier molecular flexibility index (Phi) is 5.23. The average molecular weight is 282 g/mol. The van der Waals surface area contributed by atoms with Crippen molar-refractivity contribution in [2.75, 3.05) is 32.7 Å². The van der Waals surface area contributed by atoms with Crippen molar-refractivity contribution in [1.29, 1.82) is 0 Å². The molecule has 2 fully saturated rings. The SMILES string of the molecule is CCNC(=O)N1CCN(C(=O)C2CCCC(N)C2)CC1. The van der Waals surface area contributed by atoms with E-state index in [9.17, 15) is 9.59 Å². The van der Waals surface area contributed by atoms with Gasteiger partial charge in [0.15, 0.2) is 0 Å². The fourth-order valence-corrected chi connectivity index (χ4v) is 3.10. The second kappa shape index (κ2) is 6.92. The standard InChI is InChI=1S/C14H26N4O2/c1-2-16-14(20)18-8-6-17(7-9-18)13(19)11-4-3-5-12(15)10-11/h11-12H,2-10,15H2,1H3,(H,16,20). The van der Waals surface area contributed by atoms with Gasteiger partial charge in [-0.3, -0.25) is 4.79 Å². The summed E-state index contributed by atoms with van der Waals surface area (Å²) in [5.41, 5.74) is 5.96. The molecule has 1 aliphatic heterocycles. The molecule has 0 aromatic carbocycles. The Hall–Kier alpha value is -1.30. The summed E-state index contributed by atoms with van der Waals surface area (Å²) >= 11 is 0. The van der Waals surface area contributed by atoms with Gasteiger partial charge in [0.2, 0.25) is 5.91 Å². The van der Waals surface area contributed by atoms with E-state index in [0.717, 1.165) is 25.7 Å². The zero-order valence-electron chi connectivity index (χ0n) is 12.3. The van der Waals surface area contributed by atoms with Gasteiger partial charge >= 0.3 is 6.03 Å². The Bertz CT molecular complexity index is 353. The minimum Gasteiger partial charge on any atom is -0.339 e. The number of hydrogen-bond acceptors (Lipinski definition) is 3. The molecule has 0 spiro atoms. The van der Waals surface area contributed by atoms with Gasteiger partial charge in [0.05, 0.1) is 0 Å². The second-order valence-electron chi connectivity index (χ2n) is 5.77. The molecular formula is C14H26N4O2. The molecule has 114 valence electrons. The van der Waals surface area contributed by atoms with Crippen molar-refractivity contribution >= 4 is 11.9 Å². The summed E-state index contributed by atoms with van der Waals surface area (Å²) in [5, 5.41) is 2.80. The fraction of sp³-hybridized carbons (Fsp3) is 0.857. The summed E-state index contributed by atoms with van der Waals surface area (Å²) in [7, 11) is 0. The zero-order valence-corrected chi connectivity index (χ0v) is 12.3. The van der Waals surface area contributed by atoms with Crippen LogP contribution in [0.2, 0.25) is 0 Å². The molecular weight excluding hydrogens is 256 g/mol. The number of nitrogens with one attached hydrogen (secondary N) is 1. The number of carbonyl (C=O) groups excluding carboxylic acids is 2. The Morgan fingerprint density at radius 1 is 1.15 bits per heavy atom. The molecule has 0 radical (unpaired) electrons. The molecule has 6 heteroatoms. The minimum atomic E-state index is -0.0284. The van der Waals surface area contributed by atoms with Gasteiger partial charge in [-0.1, -0.05) is 6.42 Å². The summed E-state index contributed by atoms with van der Waals surface area (Å²) < 4.78 is 0. The molecule has 0 bridgehead atoms. The lowest BCUT2D eigenvalue weighted by Gasteiger charge is -2.37. The van der Waals surface area contributed by atoms with Crippen LogP contribution < -0.4 is 11.1 Å². The molecule has 6 nitrogen and oxygen atoms in total. The summed E-state index contributed by atoms with van der Waals surface area (Å²) in [6, 6.07) is 0.147. The molecule has 2 rings (SSSR count). The predicted molar refractivity (Wildman–Crippen MR) is 77.2 cm³/mol. The van der Waals surface area contributed by atoms with Crippen LogP contribution in [0.4, 0.5) is 4.79 Å². The second-order valence-corrected chi connectivity index (χ2v) is 5.77. The highest BCUT2D eigenvalue weighted by Gasteiger charge is 2.31. The summed E-state index contributed by atoms with van der Waals surface area (Å²) in [6.07, 6.45) is 3.86. The third-order valence-electron chi connectivity index (χ3n) is 4.27. The normalized spacial score (nSPS) is 27.3. The van der Waals surface area contributed by atoms with Crippen LogP contribution in [0.15, 0.2) is 0 Å². The van der Waals surface area contributed by atoms with Crippen LogP contribution in [0, 0.1) is 5.92 Å². The molecule has 1 saturated carbocycles. The highest BCUT2D eigenvalue weighted by molar-refractivity contribution is 5.80. The summed E-state index contributed by atoms with van der Waals surface area (Å²) in [6.45, 7) is 5.07. The lowest BCUT2D eigenvalue weighted by molar-refractivity contribution is -0.138. The molecule has 2 atom stereocenters. The monoisotopic (exact) mass is 282 g/mol. The Morgan fingerprint density at radius 2 is 1.80 bits per heavy atom. The van der Waals surface area contributed by atoms with Crippen LogP contribution in [0.3, 0.4) is 0 Å². The Labute approximate surface area is 120 Å². The molecule has 3 amide bonds. The average Bonchev–Trinajstić information content (AvgIpc) is 2.47. The lowest BCUT2D eigenvalue weighted by atomic mass is 9.85. The van der Waals surface area contributed by atoms with Crippen molar-refractivity contribution in [2.24, 2.45) is 11.7 Å². The highest BCUT2D eigenvalue weighted by atomic mass is 16.2. The van der Waals surface area contributed by atoms with E-state index in [1.165, 1.54) is 0 Å². The van der Waals surface area contributed by atoms with Gasteiger partial charge in [-0.25, -0.2) is 4.79 Å². The molecule has 1 saturated heterocycles. The van der Waals surface area contributed by atoms with Crippen molar-refractivity contribution in [1.82, 2.24) is 15.1 Å². The van der Waals surface area contributed by atoms with Gasteiger partial charge in [-0.2, -0.15) is 0 Å². The number of nitrogens with zero attached hydrogens (tertiary/aromatic N) is 2. The third kappa shape index (κ3) is 3.62. The highest BCUT2D eigenvalue weighted by Crippen LogP contribution is 2.25. The molecule has 20 heavy (non-hydrogen) atoms. The molecule has 3 N–H and O–H groups in total. The summed E-state index contributed by atoms with van der Waals surface area (Å²) in [5.74, 6) is 0.325. The van der Waals surface area contributed by atoms with Crippen molar-refractivity contribution in [3.63, 3.8) is 0 Å². The van der Waals surface area contributed by atoms with Crippen LogP contribution >= 0.6 is 0 Å². The van der Waals surface area contributed by atoms with Gasteiger partial charge in [-0.15, -0.1) is 0 Å². The first-order chi connectivity index (χ1) is 9.61. The molecule has 2 unspecified atom stereocenters. The van der Waals surface area contributed by atoms with Crippen molar-refractivity contribution in [3.8, 4) is 0 Å². The summed E-state index contributed by atoms with van der Waals surface area (Å²) in [4.78, 5) is 27.8. The van der Waals surface area contributed by atoms with Crippen molar-refractivity contribution < 1.29 is 9.59 Å². The maximum absolute atomic E-state index is 12.5. The van der Waals surface area contributed by atoms with E-state index in [-0.39, 0.29) is 23.9 Å². The molecule has 1 aliphatic carbocycles. The van der Waals surface area contributed by atoms with E-state index < -0.39 is 0 Å². The van der Waals surface area contributed by atoms with Crippen LogP contribution in [0.1, 0.15) is 32.6 Å². The van der Waals surface area contributed by atoms with E-state index in [2.05, 4.69) is 5.32 Å². The maximum Gasteiger partial charge on any atom is 0.317 e. The van der Waals surface area contributed by atoms with E-state index >= 15 is 0 Å². The Morgan fingerprint density at radius 3 is 2.40 bits per heavy atom. The fourth-order valence-electron chi connectivity index (χ4n) is 3.10. The van der Waals surface area contributed by atoms with E-state index in [0.29, 0.717) is 32.7 Å². The van der Waals surface area contributed by atoms with Gasteiger partial charge in [0.1, 0.15) is 0 Å². The molecule has 0 aromatic rings. The van der Waals surface area contributed by atoms with Crippen LogP contribution in [-0.4, -0.2) is 60.5 Å². The molecule has 1 heterocycles. The van der Waals surface area contributed by atoms with Crippen LogP contribution in [0.5, 0.6) is 0 Å². The van der Waals surface area contributed by atoms with Crippen LogP contribution in [0.25, 0.3) is 0 Å². The number of amides is 3. The first kappa shape index (κ1) is 15.1. The smallest absolute Gasteiger partial charge is 0.317 e. The van der Waals surface area contributed by atoms with Crippen LogP contribution in [-0.2, 0) is 4.79 Å². The molecule has 0 aromatic heterocycles. The van der Waals surface area contributed by atoms with Gasteiger partial charge in [-0.05, 0) is 26.2 Å². The van der Waals surface area contributed by atoms with E-state index in [1.807, 2.05) is 11.8 Å². The van der Waals surface area contributed by atoms with Gasteiger partial charge in [0, 0.05) is 44.7 Å². The maximum atomic E-state index is 12.5.